The molecular formula is C36H52O13. The lowest BCUT2D eigenvalue weighted by Gasteiger charge is -2.61. The number of carbonyl (C=O) groups excluding carboxylic acids is 6. The number of Topliss-reactive ketones (excluding diaryl/α,β-unsaturated/α-hetero) is 1. The summed E-state index contributed by atoms with van der Waals surface area (Å²) in [7, 11) is 1.11. The van der Waals surface area contributed by atoms with Gasteiger partial charge in [-0.3, -0.25) is 24.0 Å². The number of ketones is 1. The van der Waals surface area contributed by atoms with Gasteiger partial charge in [0.05, 0.1) is 7.11 Å². The van der Waals surface area contributed by atoms with Crippen molar-refractivity contribution in [2.24, 2.45) is 40.4 Å². The zero-order valence-electron chi connectivity index (χ0n) is 29.7. The number of rotatable bonds is 9. The van der Waals surface area contributed by atoms with Crippen molar-refractivity contribution in [3.05, 3.63) is 0 Å². The van der Waals surface area contributed by atoms with Crippen LogP contribution in [0.4, 0.5) is 0 Å². The molecule has 5 aliphatic rings. The standard InChI is InChI=1S/C36H52O13/c1-18(37)45-23-12-14-35(5)22(16-23)8-9-24-25-10-11-27(36(25,6)15-13-26(24)35)28(41)17-44-34-32(48-21(4)40)30(47-20(3)39)29(46-19(2)38)31(49-34)33(42)43-7/h22-27,29-32,34H,8-17H2,1-7H3/t22-,23-,24+,25-,26-,27+,29-,30-,31-,32+,34+,35+,36-/m1/s1. The van der Waals surface area contributed by atoms with Gasteiger partial charge in [-0.1, -0.05) is 13.8 Å². The van der Waals surface area contributed by atoms with Crippen molar-refractivity contribution in [2.45, 2.75) is 136 Å². The summed E-state index contributed by atoms with van der Waals surface area (Å²) in [4.78, 5) is 74.7. The number of ether oxygens (including phenoxy) is 7. The highest BCUT2D eigenvalue weighted by molar-refractivity contribution is 5.83. The zero-order chi connectivity index (χ0) is 35.8. The molecule has 0 radical (unpaired) electrons. The van der Waals surface area contributed by atoms with E-state index >= 15 is 0 Å². The summed E-state index contributed by atoms with van der Waals surface area (Å²) in [5.41, 5.74) is -0.0213. The van der Waals surface area contributed by atoms with E-state index < -0.39 is 54.6 Å². The van der Waals surface area contributed by atoms with E-state index in [4.69, 9.17) is 33.2 Å². The van der Waals surface area contributed by atoms with E-state index in [1.807, 2.05) is 0 Å². The summed E-state index contributed by atoms with van der Waals surface area (Å²) in [5, 5.41) is 0. The lowest BCUT2D eigenvalue weighted by atomic mass is 9.44. The highest BCUT2D eigenvalue weighted by Crippen LogP contribution is 2.67. The normalized spacial score (nSPS) is 41.2. The maximum atomic E-state index is 14.0. The van der Waals surface area contributed by atoms with E-state index in [1.165, 1.54) is 6.92 Å². The molecule has 0 aromatic heterocycles. The van der Waals surface area contributed by atoms with Crippen LogP contribution in [0, 0.1) is 40.4 Å². The van der Waals surface area contributed by atoms with Crippen molar-refractivity contribution < 1.29 is 61.9 Å². The molecule has 1 aliphatic heterocycles. The van der Waals surface area contributed by atoms with Crippen LogP contribution in [-0.2, 0) is 61.9 Å². The van der Waals surface area contributed by atoms with E-state index in [0.717, 1.165) is 85.7 Å². The molecule has 49 heavy (non-hydrogen) atoms. The molecule has 274 valence electrons. The molecular weight excluding hydrogens is 640 g/mol. The molecule has 5 fully saturated rings. The molecule has 0 unspecified atom stereocenters. The monoisotopic (exact) mass is 692 g/mol. The Morgan fingerprint density at radius 3 is 1.90 bits per heavy atom. The van der Waals surface area contributed by atoms with E-state index in [9.17, 15) is 28.8 Å². The minimum absolute atomic E-state index is 0.00259. The van der Waals surface area contributed by atoms with Gasteiger partial charge in [0.15, 0.2) is 36.5 Å². The van der Waals surface area contributed by atoms with Crippen LogP contribution in [0.2, 0.25) is 0 Å². The first-order valence-electron chi connectivity index (χ1n) is 17.7. The van der Waals surface area contributed by atoms with Gasteiger partial charge in [-0.2, -0.15) is 0 Å². The molecule has 0 spiro atoms. The van der Waals surface area contributed by atoms with Crippen LogP contribution in [0.3, 0.4) is 0 Å². The highest BCUT2D eigenvalue weighted by Gasteiger charge is 2.62. The van der Waals surface area contributed by atoms with Crippen LogP contribution in [0.5, 0.6) is 0 Å². The van der Waals surface area contributed by atoms with Crippen molar-refractivity contribution in [1.29, 1.82) is 0 Å². The van der Waals surface area contributed by atoms with Crippen LogP contribution in [0.1, 0.15) is 99.3 Å². The Morgan fingerprint density at radius 1 is 0.673 bits per heavy atom. The van der Waals surface area contributed by atoms with Crippen molar-refractivity contribution in [3.8, 4) is 0 Å². The Bertz CT molecular complexity index is 1310. The third-order valence-electron chi connectivity index (χ3n) is 12.6. The van der Waals surface area contributed by atoms with Gasteiger partial charge >= 0.3 is 29.8 Å². The smallest absolute Gasteiger partial charge is 0.339 e. The maximum Gasteiger partial charge on any atom is 0.339 e. The Balaban J connectivity index is 1.30. The van der Waals surface area contributed by atoms with Gasteiger partial charge in [0.1, 0.15) is 12.7 Å². The van der Waals surface area contributed by atoms with Gasteiger partial charge in [-0.25, -0.2) is 4.79 Å². The van der Waals surface area contributed by atoms with E-state index in [0.29, 0.717) is 23.7 Å². The Labute approximate surface area is 287 Å². The average molecular weight is 693 g/mol. The Hall–Kier alpha value is -3.06. The predicted octanol–water partition coefficient (Wildman–Crippen LogP) is 3.86. The minimum atomic E-state index is -1.59. The molecule has 4 saturated carbocycles. The van der Waals surface area contributed by atoms with Gasteiger partial charge in [-0.15, -0.1) is 0 Å². The topological polar surface area (TPSA) is 167 Å². The fourth-order valence-electron chi connectivity index (χ4n) is 10.6. The molecule has 5 rings (SSSR count). The molecule has 13 nitrogen and oxygen atoms in total. The molecule has 13 heteroatoms. The maximum absolute atomic E-state index is 14.0. The van der Waals surface area contributed by atoms with Crippen molar-refractivity contribution in [2.75, 3.05) is 13.7 Å². The summed E-state index contributed by atoms with van der Waals surface area (Å²) in [6, 6.07) is 0. The van der Waals surface area contributed by atoms with Crippen molar-refractivity contribution in [1.82, 2.24) is 0 Å². The SMILES string of the molecule is COC(=O)[C@@H]1O[C@H](OCC(=O)[C@@H]2CC[C@@H]3[C@@H]4CC[C@@H]5C[C@H](OC(C)=O)CC[C@]5(C)[C@@H]4CC[C@]32C)[C@@H](OC(C)=O)[C@H](OC(C)=O)[C@H]1OC(C)=O. The van der Waals surface area contributed by atoms with Crippen molar-refractivity contribution >= 4 is 35.6 Å². The lowest BCUT2D eigenvalue weighted by Crippen LogP contribution is -2.64. The van der Waals surface area contributed by atoms with Crippen molar-refractivity contribution in [3.63, 3.8) is 0 Å². The number of fused-ring (bicyclic) bond motifs is 5. The molecule has 0 N–H and O–H groups in total. The van der Waals surface area contributed by atoms with Crippen LogP contribution in [0.25, 0.3) is 0 Å². The number of methoxy groups -OCH3 is 1. The first kappa shape index (κ1) is 37.2. The number of esters is 5. The zero-order valence-corrected chi connectivity index (χ0v) is 29.7. The van der Waals surface area contributed by atoms with Crippen LogP contribution in [0.15, 0.2) is 0 Å². The first-order chi connectivity index (χ1) is 23.1. The minimum Gasteiger partial charge on any atom is -0.467 e. The molecule has 4 aliphatic carbocycles. The molecule has 1 saturated heterocycles. The molecule has 1 heterocycles. The largest absolute Gasteiger partial charge is 0.467 e. The quantitative estimate of drug-likeness (QED) is 0.253. The summed E-state index contributed by atoms with van der Waals surface area (Å²) in [6.45, 7) is 9.12. The lowest BCUT2D eigenvalue weighted by molar-refractivity contribution is -0.300. The Kier molecular flexibility index (Phi) is 11.1. The van der Waals surface area contributed by atoms with Gasteiger partial charge in [0.25, 0.3) is 0 Å². The van der Waals surface area contributed by atoms with Crippen LogP contribution < -0.4 is 0 Å². The molecule has 0 amide bonds. The second-order valence-electron chi connectivity index (χ2n) is 15.3. The second kappa shape index (κ2) is 14.7. The highest BCUT2D eigenvalue weighted by atomic mass is 16.7. The second-order valence-corrected chi connectivity index (χ2v) is 15.3. The third kappa shape index (κ3) is 7.38. The summed E-state index contributed by atoms with van der Waals surface area (Å²) < 4.78 is 38.5. The van der Waals surface area contributed by atoms with E-state index in [2.05, 4.69) is 13.8 Å². The number of hydrogen-bond donors (Lipinski definition) is 0. The fraction of sp³-hybridized carbons (Fsp3) is 0.833. The molecule has 0 aromatic rings. The van der Waals surface area contributed by atoms with E-state index in [-0.39, 0.29) is 41.2 Å². The summed E-state index contributed by atoms with van der Waals surface area (Å²) >= 11 is 0. The van der Waals surface area contributed by atoms with Gasteiger partial charge < -0.3 is 33.2 Å². The molecule has 0 bridgehead atoms. The van der Waals surface area contributed by atoms with Gasteiger partial charge in [0, 0.05) is 33.6 Å². The predicted molar refractivity (Wildman–Crippen MR) is 169 cm³/mol. The van der Waals surface area contributed by atoms with Crippen LogP contribution in [-0.4, -0.2) is 86.2 Å². The summed E-state index contributed by atoms with van der Waals surface area (Å²) in [5.74, 6) is -1.88. The van der Waals surface area contributed by atoms with Crippen LogP contribution >= 0.6 is 0 Å². The molecule has 0 aromatic carbocycles. The fourth-order valence-corrected chi connectivity index (χ4v) is 10.6. The first-order valence-corrected chi connectivity index (χ1v) is 17.7. The summed E-state index contributed by atoms with van der Waals surface area (Å²) in [6.07, 6.45) is 1.17. The van der Waals surface area contributed by atoms with E-state index in [1.54, 1.807) is 0 Å². The number of carbonyl (C=O) groups is 6. The number of hydrogen-bond acceptors (Lipinski definition) is 13. The Morgan fingerprint density at radius 2 is 1.27 bits per heavy atom. The third-order valence-corrected chi connectivity index (χ3v) is 12.6. The van der Waals surface area contributed by atoms with Gasteiger partial charge in [-0.05, 0) is 92.3 Å². The average Bonchev–Trinajstić information content (AvgIpc) is 3.38. The van der Waals surface area contributed by atoms with Gasteiger partial charge in [0.2, 0.25) is 0 Å². The molecule has 13 atom stereocenters.